The first-order valence-electron chi connectivity index (χ1n) is 3.60. The summed E-state index contributed by atoms with van der Waals surface area (Å²) in [5.41, 5.74) is -3.20. The van der Waals surface area contributed by atoms with E-state index in [1.807, 2.05) is 0 Å². The zero-order chi connectivity index (χ0) is 11.6. The summed E-state index contributed by atoms with van der Waals surface area (Å²) in [5, 5.41) is 0. The summed E-state index contributed by atoms with van der Waals surface area (Å²) in [7, 11) is 0.500. The fraction of sp³-hybridized carbons (Fsp3) is 1.00. The van der Waals surface area contributed by atoms with Crippen LogP contribution in [0.15, 0.2) is 0 Å². The molecule has 0 aliphatic carbocycles. The summed E-state index contributed by atoms with van der Waals surface area (Å²) in [5.74, 6) is -7.85. The molecule has 1 aliphatic rings. The average molecular weight is 224 g/mol. The van der Waals surface area contributed by atoms with Crippen molar-refractivity contribution >= 4 is 0 Å². The maximum absolute atomic E-state index is 12.9. The Hall–Kier alpha value is -0.460. The van der Waals surface area contributed by atoms with Crippen LogP contribution in [-0.2, 0) is 4.74 Å². The molecule has 14 heavy (non-hydrogen) atoms. The van der Waals surface area contributed by atoms with Crippen LogP contribution in [0.3, 0.4) is 0 Å². The van der Waals surface area contributed by atoms with Crippen LogP contribution in [0.1, 0.15) is 6.92 Å². The number of rotatable bonds is 2. The molecular weight excluding hydrogens is 214 g/mol. The molecule has 0 aromatic heterocycles. The molecule has 0 amide bonds. The lowest BCUT2D eigenvalue weighted by atomic mass is 9.88. The Labute approximate surface area is 77.0 Å². The first-order chi connectivity index (χ1) is 6.27. The number of ether oxygens (including phenoxy) is 1. The van der Waals surface area contributed by atoms with Gasteiger partial charge in [-0.1, -0.05) is 0 Å². The normalized spacial score (nSPS) is 36.9. The zero-order valence-corrected chi connectivity index (χ0v) is 7.59. The summed E-state index contributed by atoms with van der Waals surface area (Å²) < 4.78 is 75.4. The summed E-state index contributed by atoms with van der Waals surface area (Å²) in [6.07, 6.45) is 0. The van der Waals surface area contributed by atoms with Crippen molar-refractivity contribution in [1.29, 1.82) is 0 Å². The average Bonchev–Trinajstić information content (AvgIpc) is 2.15. The van der Waals surface area contributed by atoms with Crippen LogP contribution in [0, 0.1) is 0 Å². The lowest BCUT2D eigenvalue weighted by Crippen LogP contribution is -2.71. The topological polar surface area (TPSA) is 9.23 Å². The van der Waals surface area contributed by atoms with Gasteiger partial charge in [0.1, 0.15) is 6.67 Å². The maximum atomic E-state index is 12.9. The molecule has 0 aromatic rings. The molecule has 0 saturated carbocycles. The molecule has 0 radical (unpaired) electrons. The molecule has 0 aromatic carbocycles. The van der Waals surface area contributed by atoms with Crippen molar-refractivity contribution in [2.75, 3.05) is 20.5 Å². The summed E-state index contributed by atoms with van der Waals surface area (Å²) in [6, 6.07) is 0. The van der Waals surface area contributed by atoms with Crippen LogP contribution in [-0.4, -0.2) is 37.9 Å². The largest absolute Gasteiger partial charge is 0.335 e. The van der Waals surface area contributed by atoms with E-state index >= 15 is 0 Å². The molecule has 86 valence electrons. The van der Waals surface area contributed by atoms with Crippen molar-refractivity contribution in [1.82, 2.24) is 0 Å². The Morgan fingerprint density at radius 1 is 1.29 bits per heavy atom. The minimum absolute atomic E-state index is 0.149. The molecule has 2 atom stereocenters. The highest BCUT2D eigenvalue weighted by Crippen LogP contribution is 2.51. The smallest absolute Gasteiger partial charge is 0.312 e. The predicted octanol–water partition coefficient (Wildman–Crippen LogP) is 2.60. The second-order valence-corrected chi connectivity index (χ2v) is 2.87. The molecule has 7 heteroatoms. The minimum atomic E-state index is -4.04. The molecular formula is C7H10F6O. The van der Waals surface area contributed by atoms with Crippen LogP contribution in [0.5, 0.6) is 0 Å². The van der Waals surface area contributed by atoms with E-state index in [0.717, 1.165) is 0 Å². The Bertz CT molecular complexity index is 189. The van der Waals surface area contributed by atoms with E-state index in [1.54, 1.807) is 0 Å². The molecule has 1 aliphatic heterocycles. The first kappa shape index (κ1) is 13.5. The highest BCUT2D eigenvalue weighted by molar-refractivity contribution is 5.08. The van der Waals surface area contributed by atoms with Gasteiger partial charge in [0.2, 0.25) is 5.67 Å². The van der Waals surface area contributed by atoms with Gasteiger partial charge in [-0.2, -0.15) is 0 Å². The van der Waals surface area contributed by atoms with Gasteiger partial charge in [-0.05, 0) is 0 Å². The van der Waals surface area contributed by atoms with E-state index in [0.29, 0.717) is 7.18 Å². The Balaban J connectivity index is 0.000000791. The Kier molecular flexibility index (Phi) is 3.83. The van der Waals surface area contributed by atoms with Gasteiger partial charge in [0.05, 0.1) is 13.8 Å². The van der Waals surface area contributed by atoms with Crippen molar-refractivity contribution in [2.24, 2.45) is 0 Å². The van der Waals surface area contributed by atoms with E-state index in [9.17, 15) is 26.3 Å². The Morgan fingerprint density at radius 2 is 1.71 bits per heavy atom. The molecule has 0 N–H and O–H groups in total. The van der Waals surface area contributed by atoms with Gasteiger partial charge in [-0.15, -0.1) is 0 Å². The number of alkyl halides is 6. The van der Waals surface area contributed by atoms with Crippen molar-refractivity contribution in [3.63, 3.8) is 0 Å². The van der Waals surface area contributed by atoms with Gasteiger partial charge in [0.15, 0.2) is 0 Å². The minimum Gasteiger partial charge on any atom is -0.335 e. The van der Waals surface area contributed by atoms with Crippen molar-refractivity contribution < 1.29 is 31.1 Å². The van der Waals surface area contributed by atoms with Crippen molar-refractivity contribution in [3.05, 3.63) is 0 Å². The van der Waals surface area contributed by atoms with Crippen LogP contribution in [0.25, 0.3) is 0 Å². The quantitative estimate of drug-likeness (QED) is 0.655. The van der Waals surface area contributed by atoms with Gasteiger partial charge in [-0.25, -0.2) is 22.0 Å². The van der Waals surface area contributed by atoms with E-state index in [-0.39, 0.29) is 6.92 Å². The third-order valence-electron chi connectivity index (χ3n) is 1.85. The molecule has 1 nitrogen and oxygen atoms in total. The molecule has 2 unspecified atom stereocenters. The lowest BCUT2D eigenvalue weighted by molar-refractivity contribution is -0.408. The van der Waals surface area contributed by atoms with Gasteiger partial charge in [0, 0.05) is 6.92 Å². The molecule has 1 saturated heterocycles. The van der Waals surface area contributed by atoms with Gasteiger partial charge in [0.25, 0.3) is 0 Å². The number of hydrogen-bond donors (Lipinski definition) is 0. The zero-order valence-electron chi connectivity index (χ0n) is 7.59. The SMILES string of the molecule is CC(F)(F)C1(F)OCC1(F)CF.CF. The predicted molar refractivity (Wildman–Crippen MR) is 37.3 cm³/mol. The first-order valence-corrected chi connectivity index (χ1v) is 3.60. The molecule has 1 rings (SSSR count). The van der Waals surface area contributed by atoms with Gasteiger partial charge < -0.3 is 4.74 Å². The molecule has 1 heterocycles. The Morgan fingerprint density at radius 3 is 1.79 bits per heavy atom. The second kappa shape index (κ2) is 3.96. The molecule has 1 fully saturated rings. The highest BCUT2D eigenvalue weighted by atomic mass is 19.3. The highest BCUT2D eigenvalue weighted by Gasteiger charge is 2.74. The van der Waals surface area contributed by atoms with E-state index < -0.39 is 30.7 Å². The van der Waals surface area contributed by atoms with Gasteiger partial charge >= 0.3 is 11.8 Å². The van der Waals surface area contributed by atoms with Gasteiger partial charge in [-0.3, -0.25) is 4.39 Å². The molecule has 0 bridgehead atoms. The summed E-state index contributed by atoms with van der Waals surface area (Å²) in [4.78, 5) is 0. The maximum Gasteiger partial charge on any atom is 0.312 e. The third-order valence-corrected chi connectivity index (χ3v) is 1.85. The summed E-state index contributed by atoms with van der Waals surface area (Å²) in [6.45, 7) is -2.63. The van der Waals surface area contributed by atoms with Crippen LogP contribution < -0.4 is 0 Å². The van der Waals surface area contributed by atoms with Crippen molar-refractivity contribution in [2.45, 2.75) is 24.4 Å². The molecule has 0 spiro atoms. The van der Waals surface area contributed by atoms with Crippen LogP contribution in [0.4, 0.5) is 26.3 Å². The fourth-order valence-corrected chi connectivity index (χ4v) is 1.00. The van der Waals surface area contributed by atoms with Crippen LogP contribution in [0.2, 0.25) is 0 Å². The summed E-state index contributed by atoms with van der Waals surface area (Å²) >= 11 is 0. The van der Waals surface area contributed by atoms with Crippen LogP contribution >= 0.6 is 0 Å². The second-order valence-electron chi connectivity index (χ2n) is 2.87. The third kappa shape index (κ3) is 1.69. The monoisotopic (exact) mass is 224 g/mol. The van der Waals surface area contributed by atoms with E-state index in [1.165, 1.54) is 0 Å². The van der Waals surface area contributed by atoms with E-state index in [4.69, 9.17) is 0 Å². The van der Waals surface area contributed by atoms with Crippen molar-refractivity contribution in [3.8, 4) is 0 Å². The standard InChI is InChI=1S/C6H7F5O.CH3F/c1-4(8,9)6(11)5(10,2-7)3-12-6;1-2/h2-3H2,1H3;1H3. The van der Waals surface area contributed by atoms with E-state index in [2.05, 4.69) is 4.74 Å². The fourth-order valence-electron chi connectivity index (χ4n) is 1.00. The number of hydrogen-bond acceptors (Lipinski definition) is 1. The lowest BCUT2D eigenvalue weighted by Gasteiger charge is -2.48. The number of halogens is 6.